The third-order valence-electron chi connectivity index (χ3n) is 3.85. The van der Waals surface area contributed by atoms with E-state index in [1.54, 1.807) is 0 Å². The summed E-state index contributed by atoms with van der Waals surface area (Å²) in [5.74, 6) is -0.606. The molecule has 1 aliphatic carbocycles. The lowest BCUT2D eigenvalue weighted by atomic mass is 9.94. The minimum Gasteiger partial charge on any atom is -0.393 e. The highest BCUT2D eigenvalue weighted by Crippen LogP contribution is 2.34. The van der Waals surface area contributed by atoms with E-state index in [0.717, 1.165) is 24.3 Å². The number of allylic oxidation sites excluding steroid dienone is 2. The van der Waals surface area contributed by atoms with E-state index in [4.69, 9.17) is 4.74 Å². The highest BCUT2D eigenvalue weighted by atomic mass is 19.4. The van der Waals surface area contributed by atoms with Gasteiger partial charge in [-0.25, -0.2) is 0 Å². The van der Waals surface area contributed by atoms with Crippen LogP contribution in [0.1, 0.15) is 24.2 Å². The normalized spacial score (nSPS) is 22.6. The number of hydrogen-bond acceptors (Lipinski definition) is 2. The summed E-state index contributed by atoms with van der Waals surface area (Å²) in [6.45, 7) is 1.01. The highest BCUT2D eigenvalue weighted by molar-refractivity contribution is 5.31. The molecule has 0 spiro atoms. The van der Waals surface area contributed by atoms with E-state index in [0.29, 0.717) is 5.56 Å². The standard InChI is InChI=1S/C17H16F6O2/c1-10-8-13(17(21,22)23)6-7-14(10)25-15(9-24)11-2-4-12(5-3-11)16(18,19)20/h2-8,10,14-15,24H,9H2,1H3. The quantitative estimate of drug-likeness (QED) is 0.775. The lowest BCUT2D eigenvalue weighted by Crippen LogP contribution is -2.27. The van der Waals surface area contributed by atoms with Crippen LogP contribution in [-0.2, 0) is 10.9 Å². The van der Waals surface area contributed by atoms with Gasteiger partial charge in [-0.1, -0.05) is 37.3 Å². The molecule has 0 bridgehead atoms. The summed E-state index contributed by atoms with van der Waals surface area (Å²) < 4.78 is 81.3. The molecule has 1 N–H and O–H groups in total. The van der Waals surface area contributed by atoms with Crippen LogP contribution in [-0.4, -0.2) is 24.0 Å². The molecule has 2 nitrogen and oxygen atoms in total. The van der Waals surface area contributed by atoms with Gasteiger partial charge in [0.05, 0.1) is 23.8 Å². The molecule has 25 heavy (non-hydrogen) atoms. The molecule has 2 rings (SSSR count). The maximum Gasteiger partial charge on any atom is 0.416 e. The van der Waals surface area contributed by atoms with Gasteiger partial charge in [-0.2, -0.15) is 26.3 Å². The molecule has 8 heteroatoms. The minimum atomic E-state index is -4.48. The van der Waals surface area contributed by atoms with Gasteiger partial charge in [-0.05, 0) is 17.7 Å². The Balaban J connectivity index is 2.11. The molecular formula is C17H16F6O2. The summed E-state index contributed by atoms with van der Waals surface area (Å²) in [6, 6.07) is 4.09. The molecule has 0 saturated heterocycles. The van der Waals surface area contributed by atoms with Crippen molar-refractivity contribution < 1.29 is 36.2 Å². The van der Waals surface area contributed by atoms with Gasteiger partial charge in [0.2, 0.25) is 0 Å². The number of alkyl halides is 6. The molecule has 0 fully saturated rings. The van der Waals surface area contributed by atoms with Gasteiger partial charge in [0.1, 0.15) is 6.10 Å². The molecule has 0 aromatic heterocycles. The largest absolute Gasteiger partial charge is 0.416 e. The topological polar surface area (TPSA) is 29.5 Å². The zero-order chi connectivity index (χ0) is 18.8. The Kier molecular flexibility index (Phi) is 5.63. The number of halogens is 6. The number of hydrogen-bond donors (Lipinski definition) is 1. The zero-order valence-corrected chi connectivity index (χ0v) is 13.1. The molecular weight excluding hydrogens is 350 g/mol. The van der Waals surface area contributed by atoms with Crippen molar-refractivity contribution in [2.45, 2.75) is 31.5 Å². The predicted octanol–water partition coefficient (Wildman–Crippen LogP) is 4.82. The summed E-state index contributed by atoms with van der Waals surface area (Å²) in [7, 11) is 0. The number of rotatable bonds is 4. The van der Waals surface area contributed by atoms with Gasteiger partial charge in [0.15, 0.2) is 0 Å². The number of benzene rings is 1. The fourth-order valence-electron chi connectivity index (χ4n) is 2.47. The predicted molar refractivity (Wildman–Crippen MR) is 78.6 cm³/mol. The first-order chi connectivity index (χ1) is 11.5. The van der Waals surface area contributed by atoms with Gasteiger partial charge in [0.25, 0.3) is 0 Å². The molecule has 3 atom stereocenters. The van der Waals surface area contributed by atoms with Crippen molar-refractivity contribution in [2.75, 3.05) is 6.61 Å². The Morgan fingerprint density at radius 2 is 1.64 bits per heavy atom. The van der Waals surface area contributed by atoms with Crippen molar-refractivity contribution >= 4 is 0 Å². The maximum absolute atomic E-state index is 12.7. The molecule has 138 valence electrons. The lowest BCUT2D eigenvalue weighted by molar-refractivity contribution is -0.137. The summed E-state index contributed by atoms with van der Waals surface area (Å²) in [4.78, 5) is 0. The average Bonchev–Trinajstić information content (AvgIpc) is 2.52. The highest BCUT2D eigenvalue weighted by Gasteiger charge is 2.35. The van der Waals surface area contributed by atoms with Crippen LogP contribution < -0.4 is 0 Å². The Bertz CT molecular complexity index is 643. The fraction of sp³-hybridized carbons (Fsp3) is 0.412. The van der Waals surface area contributed by atoms with Crippen molar-refractivity contribution in [2.24, 2.45) is 5.92 Å². The van der Waals surface area contributed by atoms with Crippen LogP contribution in [0.4, 0.5) is 26.3 Å². The molecule has 0 radical (unpaired) electrons. The van der Waals surface area contributed by atoms with Crippen LogP contribution in [0.5, 0.6) is 0 Å². The second-order valence-electron chi connectivity index (χ2n) is 5.73. The number of ether oxygens (including phenoxy) is 1. The second kappa shape index (κ2) is 7.21. The van der Waals surface area contributed by atoms with Gasteiger partial charge < -0.3 is 9.84 Å². The Morgan fingerprint density at radius 1 is 1.04 bits per heavy atom. The van der Waals surface area contributed by atoms with Crippen LogP contribution in [0.25, 0.3) is 0 Å². The second-order valence-corrected chi connectivity index (χ2v) is 5.73. The summed E-state index contributed by atoms with van der Waals surface area (Å²) in [5.41, 5.74) is -1.31. The molecule has 1 aromatic carbocycles. The van der Waals surface area contributed by atoms with E-state index < -0.39 is 48.2 Å². The molecule has 0 amide bonds. The molecule has 1 aromatic rings. The van der Waals surface area contributed by atoms with Gasteiger partial charge >= 0.3 is 12.4 Å². The van der Waals surface area contributed by atoms with E-state index >= 15 is 0 Å². The van der Waals surface area contributed by atoms with E-state index in [-0.39, 0.29) is 0 Å². The van der Waals surface area contributed by atoms with E-state index in [1.165, 1.54) is 25.1 Å². The van der Waals surface area contributed by atoms with Crippen LogP contribution in [0.15, 0.2) is 48.1 Å². The van der Waals surface area contributed by atoms with E-state index in [9.17, 15) is 31.4 Å². The molecule has 1 aliphatic rings. The first-order valence-corrected chi connectivity index (χ1v) is 7.43. The maximum atomic E-state index is 12.7. The van der Waals surface area contributed by atoms with E-state index in [2.05, 4.69) is 0 Å². The number of aliphatic hydroxyl groups is 1. The van der Waals surface area contributed by atoms with Crippen molar-refractivity contribution in [3.63, 3.8) is 0 Å². The van der Waals surface area contributed by atoms with Crippen molar-refractivity contribution in [3.05, 3.63) is 59.2 Å². The minimum absolute atomic E-state index is 0.307. The average molecular weight is 366 g/mol. The van der Waals surface area contributed by atoms with Crippen molar-refractivity contribution in [1.82, 2.24) is 0 Å². The SMILES string of the molecule is CC1C=C(C(F)(F)F)C=CC1OC(CO)c1ccc(C(F)(F)F)cc1. The first kappa shape index (κ1) is 19.5. The smallest absolute Gasteiger partial charge is 0.393 e. The zero-order valence-electron chi connectivity index (χ0n) is 13.1. The summed E-state index contributed by atoms with van der Waals surface area (Å²) in [6.07, 6.45) is -7.46. The monoisotopic (exact) mass is 366 g/mol. The number of aliphatic hydroxyl groups excluding tert-OH is 1. The van der Waals surface area contributed by atoms with Crippen molar-refractivity contribution in [1.29, 1.82) is 0 Å². The Labute approximate surface area is 140 Å². The third-order valence-corrected chi connectivity index (χ3v) is 3.85. The Morgan fingerprint density at radius 3 is 2.08 bits per heavy atom. The van der Waals surface area contributed by atoms with E-state index in [1.807, 2.05) is 0 Å². The Hall–Kier alpha value is -1.80. The van der Waals surface area contributed by atoms with Gasteiger partial charge in [0, 0.05) is 5.92 Å². The third kappa shape index (κ3) is 4.85. The van der Waals surface area contributed by atoms with Crippen molar-refractivity contribution in [3.8, 4) is 0 Å². The van der Waals surface area contributed by atoms with Gasteiger partial charge in [-0.3, -0.25) is 0 Å². The first-order valence-electron chi connectivity index (χ1n) is 7.43. The summed E-state index contributed by atoms with van der Waals surface area (Å²) in [5, 5.41) is 9.44. The van der Waals surface area contributed by atoms with Gasteiger partial charge in [-0.15, -0.1) is 0 Å². The molecule has 0 aliphatic heterocycles. The van der Waals surface area contributed by atoms with Crippen LogP contribution in [0.2, 0.25) is 0 Å². The molecule has 0 heterocycles. The van der Waals surface area contributed by atoms with Crippen LogP contribution in [0.3, 0.4) is 0 Å². The molecule has 0 saturated carbocycles. The summed E-state index contributed by atoms with van der Waals surface area (Å²) >= 11 is 0. The molecule has 3 unspecified atom stereocenters. The van der Waals surface area contributed by atoms with Crippen LogP contribution >= 0.6 is 0 Å². The van der Waals surface area contributed by atoms with Crippen LogP contribution in [0, 0.1) is 5.92 Å². The lowest BCUT2D eigenvalue weighted by Gasteiger charge is -2.28. The fourth-order valence-corrected chi connectivity index (χ4v) is 2.47.